The van der Waals surface area contributed by atoms with Gasteiger partial charge in [-0.2, -0.15) is 0 Å². The second kappa shape index (κ2) is 5.70. The first-order chi connectivity index (χ1) is 9.75. The molecule has 0 unspecified atom stereocenters. The highest BCUT2D eigenvalue weighted by atomic mass is 35.5. The standard InChI is InChI=1S/C18H12Cl2/c19-14-10-11-18(20)17(12-14)16-9-5-4-8-15(16)13-6-2-1-3-7-13/h1-12H. The van der Waals surface area contributed by atoms with Gasteiger partial charge in [0.25, 0.3) is 0 Å². The Morgan fingerprint density at radius 2 is 1.20 bits per heavy atom. The van der Waals surface area contributed by atoms with Crippen molar-refractivity contribution in [1.29, 1.82) is 0 Å². The van der Waals surface area contributed by atoms with Crippen LogP contribution in [0.25, 0.3) is 22.3 Å². The summed E-state index contributed by atoms with van der Waals surface area (Å²) in [4.78, 5) is 0. The molecule has 0 fully saturated rings. The maximum absolute atomic E-state index is 6.33. The molecule has 0 N–H and O–H groups in total. The first-order valence-electron chi connectivity index (χ1n) is 6.35. The van der Waals surface area contributed by atoms with E-state index in [0.717, 1.165) is 16.7 Å². The Morgan fingerprint density at radius 1 is 0.550 bits per heavy atom. The van der Waals surface area contributed by atoms with Crippen molar-refractivity contribution in [3.63, 3.8) is 0 Å². The Kier molecular flexibility index (Phi) is 3.77. The Hall–Kier alpha value is -1.76. The summed E-state index contributed by atoms with van der Waals surface area (Å²) < 4.78 is 0. The fourth-order valence-electron chi connectivity index (χ4n) is 2.29. The molecule has 0 aliphatic rings. The molecule has 0 aliphatic heterocycles. The summed E-state index contributed by atoms with van der Waals surface area (Å²) in [6.07, 6.45) is 0. The predicted octanol–water partition coefficient (Wildman–Crippen LogP) is 6.33. The van der Waals surface area contributed by atoms with Gasteiger partial charge in [0.05, 0.1) is 0 Å². The predicted molar refractivity (Wildman–Crippen MR) is 87.3 cm³/mol. The van der Waals surface area contributed by atoms with Crippen LogP contribution in [0.5, 0.6) is 0 Å². The van der Waals surface area contributed by atoms with E-state index >= 15 is 0 Å². The summed E-state index contributed by atoms with van der Waals surface area (Å²) >= 11 is 12.4. The zero-order valence-electron chi connectivity index (χ0n) is 10.7. The number of rotatable bonds is 2. The van der Waals surface area contributed by atoms with Crippen molar-refractivity contribution in [1.82, 2.24) is 0 Å². The average molecular weight is 299 g/mol. The Bertz CT molecular complexity index is 733. The largest absolute Gasteiger partial charge is 0.0843 e. The molecule has 0 spiro atoms. The molecule has 3 rings (SSSR count). The molecule has 0 amide bonds. The fraction of sp³-hybridized carbons (Fsp3) is 0. The van der Waals surface area contributed by atoms with Gasteiger partial charge < -0.3 is 0 Å². The number of benzene rings is 3. The van der Waals surface area contributed by atoms with Gasteiger partial charge in [0, 0.05) is 15.6 Å². The van der Waals surface area contributed by atoms with Crippen LogP contribution in [0, 0.1) is 0 Å². The average Bonchev–Trinajstić information content (AvgIpc) is 2.51. The first-order valence-corrected chi connectivity index (χ1v) is 7.11. The summed E-state index contributed by atoms with van der Waals surface area (Å²) in [6, 6.07) is 24.0. The quantitative estimate of drug-likeness (QED) is 0.519. The number of hydrogen-bond acceptors (Lipinski definition) is 0. The van der Waals surface area contributed by atoms with E-state index in [2.05, 4.69) is 24.3 Å². The van der Waals surface area contributed by atoms with E-state index in [1.54, 1.807) is 6.07 Å². The van der Waals surface area contributed by atoms with Crippen molar-refractivity contribution in [3.8, 4) is 22.3 Å². The minimum Gasteiger partial charge on any atom is -0.0843 e. The molecule has 0 bridgehead atoms. The molecule has 3 aromatic rings. The highest BCUT2D eigenvalue weighted by molar-refractivity contribution is 6.35. The van der Waals surface area contributed by atoms with Crippen LogP contribution in [-0.2, 0) is 0 Å². The third-order valence-electron chi connectivity index (χ3n) is 3.23. The van der Waals surface area contributed by atoms with Gasteiger partial charge in [0.1, 0.15) is 0 Å². The molecule has 0 aromatic heterocycles. The third kappa shape index (κ3) is 2.58. The molecular weight excluding hydrogens is 287 g/mol. The lowest BCUT2D eigenvalue weighted by atomic mass is 9.95. The molecule has 98 valence electrons. The van der Waals surface area contributed by atoms with Crippen molar-refractivity contribution in [3.05, 3.63) is 82.8 Å². The van der Waals surface area contributed by atoms with Crippen molar-refractivity contribution in [2.24, 2.45) is 0 Å². The Morgan fingerprint density at radius 3 is 1.95 bits per heavy atom. The molecule has 2 heteroatoms. The zero-order chi connectivity index (χ0) is 13.9. The molecular formula is C18H12Cl2. The second-order valence-electron chi connectivity index (χ2n) is 4.54. The molecule has 0 radical (unpaired) electrons. The minimum absolute atomic E-state index is 0.687. The van der Waals surface area contributed by atoms with Gasteiger partial charge in [-0.25, -0.2) is 0 Å². The first kappa shape index (κ1) is 13.2. The summed E-state index contributed by atoms with van der Waals surface area (Å²) in [6.45, 7) is 0. The van der Waals surface area contributed by atoms with Gasteiger partial charge >= 0.3 is 0 Å². The molecule has 0 nitrogen and oxygen atoms in total. The van der Waals surface area contributed by atoms with Crippen LogP contribution in [0.3, 0.4) is 0 Å². The zero-order valence-corrected chi connectivity index (χ0v) is 12.2. The summed E-state index contributed by atoms with van der Waals surface area (Å²) in [5.74, 6) is 0. The summed E-state index contributed by atoms with van der Waals surface area (Å²) in [5.41, 5.74) is 4.36. The lowest BCUT2D eigenvalue weighted by Crippen LogP contribution is -1.86. The number of halogens is 2. The topological polar surface area (TPSA) is 0 Å². The van der Waals surface area contributed by atoms with Crippen molar-refractivity contribution >= 4 is 23.2 Å². The van der Waals surface area contributed by atoms with Crippen LogP contribution in [0.4, 0.5) is 0 Å². The molecule has 0 atom stereocenters. The number of hydrogen-bond donors (Lipinski definition) is 0. The fourth-order valence-corrected chi connectivity index (χ4v) is 2.68. The van der Waals surface area contributed by atoms with Crippen molar-refractivity contribution < 1.29 is 0 Å². The van der Waals surface area contributed by atoms with Gasteiger partial charge in [-0.15, -0.1) is 0 Å². The van der Waals surface area contributed by atoms with E-state index < -0.39 is 0 Å². The molecule has 3 aromatic carbocycles. The lowest BCUT2D eigenvalue weighted by molar-refractivity contribution is 1.58. The highest BCUT2D eigenvalue weighted by Gasteiger charge is 2.10. The smallest absolute Gasteiger partial charge is 0.0485 e. The van der Waals surface area contributed by atoms with Gasteiger partial charge in [0.15, 0.2) is 0 Å². The molecule has 0 saturated carbocycles. The Balaban J connectivity index is 2.23. The van der Waals surface area contributed by atoms with Crippen LogP contribution < -0.4 is 0 Å². The Labute approximate surface area is 128 Å². The van der Waals surface area contributed by atoms with Crippen LogP contribution in [0.2, 0.25) is 10.0 Å². The van der Waals surface area contributed by atoms with E-state index in [0.29, 0.717) is 10.0 Å². The normalized spacial score (nSPS) is 10.5. The van der Waals surface area contributed by atoms with Gasteiger partial charge in [-0.1, -0.05) is 77.8 Å². The van der Waals surface area contributed by atoms with Crippen LogP contribution in [-0.4, -0.2) is 0 Å². The van der Waals surface area contributed by atoms with E-state index in [9.17, 15) is 0 Å². The van der Waals surface area contributed by atoms with Crippen LogP contribution >= 0.6 is 23.2 Å². The van der Waals surface area contributed by atoms with Crippen molar-refractivity contribution in [2.75, 3.05) is 0 Å². The van der Waals surface area contributed by atoms with Crippen LogP contribution in [0.1, 0.15) is 0 Å². The van der Waals surface area contributed by atoms with Gasteiger partial charge in [0.2, 0.25) is 0 Å². The minimum atomic E-state index is 0.687. The molecule has 0 aliphatic carbocycles. The van der Waals surface area contributed by atoms with Gasteiger partial charge in [-0.3, -0.25) is 0 Å². The second-order valence-corrected chi connectivity index (χ2v) is 5.38. The summed E-state index contributed by atoms with van der Waals surface area (Å²) in [7, 11) is 0. The van der Waals surface area contributed by atoms with Crippen LogP contribution in [0.15, 0.2) is 72.8 Å². The maximum Gasteiger partial charge on any atom is 0.0485 e. The van der Waals surface area contributed by atoms with E-state index in [1.165, 1.54) is 5.56 Å². The van der Waals surface area contributed by atoms with E-state index in [4.69, 9.17) is 23.2 Å². The monoisotopic (exact) mass is 298 g/mol. The SMILES string of the molecule is Clc1ccc(Cl)c(-c2ccccc2-c2ccccc2)c1. The highest BCUT2D eigenvalue weighted by Crippen LogP contribution is 2.37. The summed E-state index contributed by atoms with van der Waals surface area (Å²) in [5, 5.41) is 1.39. The third-order valence-corrected chi connectivity index (χ3v) is 3.80. The molecule has 0 saturated heterocycles. The van der Waals surface area contributed by atoms with E-state index in [1.807, 2.05) is 42.5 Å². The van der Waals surface area contributed by atoms with Gasteiger partial charge in [-0.05, 0) is 34.9 Å². The van der Waals surface area contributed by atoms with Crippen molar-refractivity contribution in [2.45, 2.75) is 0 Å². The molecule has 20 heavy (non-hydrogen) atoms. The maximum atomic E-state index is 6.33. The van der Waals surface area contributed by atoms with E-state index in [-0.39, 0.29) is 0 Å². The molecule has 0 heterocycles. The lowest BCUT2D eigenvalue weighted by Gasteiger charge is -2.12.